The van der Waals surface area contributed by atoms with E-state index in [1.54, 1.807) is 30.3 Å². The first kappa shape index (κ1) is 14.2. The molecule has 0 heterocycles. The Morgan fingerprint density at radius 2 is 1.84 bits per heavy atom. The summed E-state index contributed by atoms with van der Waals surface area (Å²) in [6.07, 6.45) is 0. The third-order valence-electron chi connectivity index (χ3n) is 2.26. The molecule has 6 heteroatoms. The van der Waals surface area contributed by atoms with Crippen molar-refractivity contribution in [1.82, 2.24) is 0 Å². The lowest BCUT2D eigenvalue weighted by atomic mass is 10.3. The van der Waals surface area contributed by atoms with Crippen LogP contribution in [0, 0.1) is 0 Å². The maximum Gasteiger partial charge on any atom is 0.323 e. The molecule has 0 bridgehead atoms. The average Bonchev–Trinajstić information content (AvgIpc) is 2.34. The van der Waals surface area contributed by atoms with Crippen molar-refractivity contribution < 1.29 is 4.79 Å². The van der Waals surface area contributed by atoms with E-state index in [1.807, 2.05) is 12.1 Å². The van der Waals surface area contributed by atoms with Crippen LogP contribution < -0.4 is 10.6 Å². The highest BCUT2D eigenvalue weighted by atomic mass is 79.9. The normalized spacial score (nSPS) is 10.1. The smallest absolute Gasteiger partial charge is 0.308 e. The zero-order valence-electron chi connectivity index (χ0n) is 9.58. The van der Waals surface area contributed by atoms with Gasteiger partial charge in [-0.3, -0.25) is 0 Å². The molecule has 98 valence electrons. The first-order valence-electron chi connectivity index (χ1n) is 5.33. The molecule has 0 spiro atoms. The number of carbonyl (C=O) groups is 1. The Kier molecular flexibility index (Phi) is 4.69. The number of hydrogen-bond acceptors (Lipinski definition) is 1. The molecule has 2 aromatic carbocycles. The maximum absolute atomic E-state index is 11.8. The average molecular weight is 360 g/mol. The second kappa shape index (κ2) is 6.28. The fourth-order valence-corrected chi connectivity index (χ4v) is 2.18. The van der Waals surface area contributed by atoms with Crippen molar-refractivity contribution in [3.05, 3.63) is 57.0 Å². The molecule has 2 N–H and O–H groups in total. The van der Waals surface area contributed by atoms with E-state index in [1.165, 1.54) is 0 Å². The standard InChI is InChI=1S/C13H9BrCl2N2O/c14-8-2-1-3-10(6-8)17-13(19)18-12-7-9(15)4-5-11(12)16/h1-7H,(H2,17,18,19). The van der Waals surface area contributed by atoms with Crippen LogP contribution in [0.4, 0.5) is 16.2 Å². The topological polar surface area (TPSA) is 41.1 Å². The molecule has 0 saturated heterocycles. The number of hydrogen-bond donors (Lipinski definition) is 2. The van der Waals surface area contributed by atoms with Gasteiger partial charge in [0.05, 0.1) is 10.7 Å². The Balaban J connectivity index is 2.07. The minimum atomic E-state index is -0.387. The fraction of sp³-hybridized carbons (Fsp3) is 0. The van der Waals surface area contributed by atoms with Crippen molar-refractivity contribution in [2.75, 3.05) is 10.6 Å². The largest absolute Gasteiger partial charge is 0.323 e. The molecule has 0 fully saturated rings. The summed E-state index contributed by atoms with van der Waals surface area (Å²) in [5, 5.41) is 6.26. The summed E-state index contributed by atoms with van der Waals surface area (Å²) in [6, 6.07) is 11.7. The zero-order chi connectivity index (χ0) is 13.8. The van der Waals surface area contributed by atoms with Crippen molar-refractivity contribution in [2.24, 2.45) is 0 Å². The van der Waals surface area contributed by atoms with Crippen LogP contribution >= 0.6 is 39.1 Å². The Hall–Kier alpha value is -1.23. The molecule has 0 aliphatic rings. The SMILES string of the molecule is O=C(Nc1cccc(Br)c1)Nc1cc(Cl)ccc1Cl. The zero-order valence-corrected chi connectivity index (χ0v) is 12.7. The van der Waals surface area contributed by atoms with E-state index in [2.05, 4.69) is 26.6 Å². The van der Waals surface area contributed by atoms with Gasteiger partial charge in [-0.05, 0) is 36.4 Å². The summed E-state index contributed by atoms with van der Waals surface area (Å²) in [5.74, 6) is 0. The van der Waals surface area contributed by atoms with Crippen molar-refractivity contribution in [3.8, 4) is 0 Å². The number of halogens is 3. The number of urea groups is 1. The van der Waals surface area contributed by atoms with Crippen LogP contribution in [0.25, 0.3) is 0 Å². The van der Waals surface area contributed by atoms with Gasteiger partial charge in [-0.2, -0.15) is 0 Å². The van der Waals surface area contributed by atoms with Crippen LogP contribution in [-0.4, -0.2) is 6.03 Å². The van der Waals surface area contributed by atoms with Gasteiger partial charge < -0.3 is 10.6 Å². The minimum Gasteiger partial charge on any atom is -0.308 e. The van der Waals surface area contributed by atoms with E-state index in [-0.39, 0.29) is 6.03 Å². The van der Waals surface area contributed by atoms with Crippen LogP contribution in [-0.2, 0) is 0 Å². The number of benzene rings is 2. The van der Waals surface area contributed by atoms with Gasteiger partial charge in [-0.1, -0.05) is 45.2 Å². The Morgan fingerprint density at radius 1 is 1.05 bits per heavy atom. The molecule has 2 aromatic rings. The quantitative estimate of drug-likeness (QED) is 0.740. The van der Waals surface area contributed by atoms with Crippen molar-refractivity contribution in [3.63, 3.8) is 0 Å². The molecule has 0 radical (unpaired) electrons. The Morgan fingerprint density at radius 3 is 2.58 bits per heavy atom. The van der Waals surface area contributed by atoms with Gasteiger partial charge in [-0.25, -0.2) is 4.79 Å². The van der Waals surface area contributed by atoms with Crippen LogP contribution in [0.15, 0.2) is 46.9 Å². The molecule has 0 aromatic heterocycles. The summed E-state index contributed by atoms with van der Waals surface area (Å²) in [7, 11) is 0. The molecule has 3 nitrogen and oxygen atoms in total. The highest BCUT2D eigenvalue weighted by Crippen LogP contribution is 2.25. The lowest BCUT2D eigenvalue weighted by Gasteiger charge is -2.09. The molecule has 0 saturated carbocycles. The fourth-order valence-electron chi connectivity index (χ4n) is 1.44. The first-order chi connectivity index (χ1) is 9.04. The van der Waals surface area contributed by atoms with Gasteiger partial charge in [0, 0.05) is 15.2 Å². The number of amides is 2. The molecular weight excluding hydrogens is 351 g/mol. The van der Waals surface area contributed by atoms with Crippen LogP contribution in [0.2, 0.25) is 10.0 Å². The number of rotatable bonds is 2. The summed E-state index contributed by atoms with van der Waals surface area (Å²) in [6.45, 7) is 0. The number of anilines is 2. The number of carbonyl (C=O) groups excluding carboxylic acids is 1. The second-order valence-corrected chi connectivity index (χ2v) is 5.47. The molecule has 2 rings (SSSR count). The van der Waals surface area contributed by atoms with Crippen molar-refractivity contribution in [2.45, 2.75) is 0 Å². The van der Waals surface area contributed by atoms with Crippen LogP contribution in [0.5, 0.6) is 0 Å². The van der Waals surface area contributed by atoms with E-state index in [0.717, 1.165) is 4.47 Å². The Labute approximate surface area is 129 Å². The summed E-state index contributed by atoms with van der Waals surface area (Å²) in [5.41, 5.74) is 1.13. The summed E-state index contributed by atoms with van der Waals surface area (Å²) in [4.78, 5) is 11.8. The molecular formula is C13H9BrCl2N2O. The highest BCUT2D eigenvalue weighted by Gasteiger charge is 2.06. The van der Waals surface area contributed by atoms with Crippen molar-refractivity contribution >= 4 is 56.5 Å². The third-order valence-corrected chi connectivity index (χ3v) is 3.32. The first-order valence-corrected chi connectivity index (χ1v) is 6.88. The number of nitrogens with one attached hydrogen (secondary N) is 2. The second-order valence-electron chi connectivity index (χ2n) is 3.71. The Bertz CT molecular complexity index is 619. The van der Waals surface area contributed by atoms with Crippen molar-refractivity contribution in [1.29, 1.82) is 0 Å². The van der Waals surface area contributed by atoms with E-state index in [0.29, 0.717) is 21.4 Å². The summed E-state index contributed by atoms with van der Waals surface area (Å²) >= 11 is 15.1. The summed E-state index contributed by atoms with van der Waals surface area (Å²) < 4.78 is 0.881. The lowest BCUT2D eigenvalue weighted by Crippen LogP contribution is -2.19. The van der Waals surface area contributed by atoms with Gasteiger partial charge in [0.15, 0.2) is 0 Å². The van der Waals surface area contributed by atoms with Crippen LogP contribution in [0.3, 0.4) is 0 Å². The molecule has 0 aliphatic heterocycles. The third kappa shape index (κ3) is 4.13. The molecule has 19 heavy (non-hydrogen) atoms. The van der Waals surface area contributed by atoms with Crippen LogP contribution in [0.1, 0.15) is 0 Å². The molecule has 2 amide bonds. The van der Waals surface area contributed by atoms with E-state index < -0.39 is 0 Å². The predicted molar refractivity (Wildman–Crippen MR) is 83.2 cm³/mol. The highest BCUT2D eigenvalue weighted by molar-refractivity contribution is 9.10. The molecule has 0 aliphatic carbocycles. The van der Waals surface area contributed by atoms with Gasteiger partial charge >= 0.3 is 6.03 Å². The van der Waals surface area contributed by atoms with Gasteiger partial charge in [0.1, 0.15) is 0 Å². The van der Waals surface area contributed by atoms with Gasteiger partial charge in [0.2, 0.25) is 0 Å². The lowest BCUT2D eigenvalue weighted by molar-refractivity contribution is 0.262. The maximum atomic E-state index is 11.8. The monoisotopic (exact) mass is 358 g/mol. The molecule has 0 atom stereocenters. The van der Waals surface area contributed by atoms with Gasteiger partial charge in [0.25, 0.3) is 0 Å². The van der Waals surface area contributed by atoms with E-state index in [9.17, 15) is 4.79 Å². The molecule has 0 unspecified atom stereocenters. The van der Waals surface area contributed by atoms with Gasteiger partial charge in [-0.15, -0.1) is 0 Å². The van der Waals surface area contributed by atoms with E-state index >= 15 is 0 Å². The predicted octanol–water partition coefficient (Wildman–Crippen LogP) is 5.40. The minimum absolute atomic E-state index is 0.387. The van der Waals surface area contributed by atoms with E-state index in [4.69, 9.17) is 23.2 Å².